The Hall–Kier alpha value is -5.96. The fourth-order valence-corrected chi connectivity index (χ4v) is 7.39. The van der Waals surface area contributed by atoms with Crippen LogP contribution in [-0.4, -0.2) is 160 Å². The van der Waals surface area contributed by atoms with Crippen LogP contribution >= 0.6 is 0 Å². The number of nitrogens with two attached hydrogens (primary N) is 4. The van der Waals surface area contributed by atoms with Crippen molar-refractivity contribution < 1.29 is 121 Å². The van der Waals surface area contributed by atoms with Crippen LogP contribution in [0.4, 0.5) is 52.7 Å². The van der Waals surface area contributed by atoms with E-state index in [0.717, 1.165) is 38.5 Å². The molecule has 30 heteroatoms. The number of ether oxygens (including phenoxy) is 4. The standard InChI is InChI=1S/C40H54N4O6.4C2HF3O2/c41-24-33-35(45)39(48-20-8-6-10-26-16-18-28-12-2-4-14-30(28)22-26)34(44)40(49-33)50-38-32(43)23-31(42)37(36(38)46)47-19-7-5-9-25-15-17-27-11-1-3-13-29(27)21-25;4*3-2(4,5)1(6)7/h1-4,11-18,21-22,31-40,45-46H,5-10,19-20,23-24,41-44H2;4*(H,6,7)/t31-,32+,33-,34-,35-,36-,37+,38-,39-,40-;;;;/m1..../s1. The Kier molecular flexibility index (Phi) is 27.1. The largest absolute Gasteiger partial charge is 0.490 e. The summed E-state index contributed by atoms with van der Waals surface area (Å²) in [4.78, 5) is 35.6. The number of carboxylic acid groups (broad SMARTS) is 4. The van der Waals surface area contributed by atoms with Crippen molar-refractivity contribution in [2.75, 3.05) is 19.8 Å². The van der Waals surface area contributed by atoms with Gasteiger partial charge in [-0.15, -0.1) is 0 Å². The van der Waals surface area contributed by atoms with Crippen LogP contribution in [0, 0.1) is 0 Å². The van der Waals surface area contributed by atoms with E-state index in [0.29, 0.717) is 19.6 Å². The third kappa shape index (κ3) is 23.2. The second-order valence-corrected chi connectivity index (χ2v) is 17.2. The highest BCUT2D eigenvalue weighted by molar-refractivity contribution is 5.83. The van der Waals surface area contributed by atoms with Gasteiger partial charge in [0.05, 0.1) is 6.04 Å². The zero-order chi connectivity index (χ0) is 59.3. The summed E-state index contributed by atoms with van der Waals surface area (Å²) in [5.41, 5.74) is 28.0. The molecule has 0 aromatic heterocycles. The van der Waals surface area contributed by atoms with Crippen LogP contribution in [0.15, 0.2) is 84.9 Å². The summed E-state index contributed by atoms with van der Waals surface area (Å²) in [6, 6.07) is 27.9. The topological polar surface area (TPSA) is 331 Å². The van der Waals surface area contributed by atoms with Gasteiger partial charge in [-0.1, -0.05) is 84.9 Å². The molecule has 1 aliphatic heterocycles. The number of aliphatic hydroxyl groups is 2. The third-order valence-electron chi connectivity index (χ3n) is 11.2. The Morgan fingerprint density at radius 3 is 1.22 bits per heavy atom. The molecule has 2 fully saturated rings. The van der Waals surface area contributed by atoms with E-state index in [1.54, 1.807) is 0 Å². The Bertz CT molecular complexity index is 2410. The van der Waals surface area contributed by atoms with Crippen molar-refractivity contribution >= 4 is 45.4 Å². The van der Waals surface area contributed by atoms with Gasteiger partial charge < -0.3 is 72.5 Å². The number of aryl methyl sites for hydroxylation is 2. The highest BCUT2D eigenvalue weighted by atomic mass is 19.4. The first kappa shape index (κ1) is 68.1. The lowest BCUT2D eigenvalue weighted by Crippen LogP contribution is -2.68. The Labute approximate surface area is 435 Å². The Balaban J connectivity index is 0.000000606. The first-order valence-electron chi connectivity index (χ1n) is 23.1. The molecule has 18 nitrogen and oxygen atoms in total. The molecule has 0 bridgehead atoms. The highest BCUT2D eigenvalue weighted by Crippen LogP contribution is 2.30. The highest BCUT2D eigenvalue weighted by Gasteiger charge is 2.49. The van der Waals surface area contributed by atoms with Crippen LogP contribution in [-0.2, 0) is 51.0 Å². The number of alkyl halides is 12. The molecule has 438 valence electrons. The quantitative estimate of drug-likeness (QED) is 0.0495. The fourth-order valence-electron chi connectivity index (χ4n) is 7.39. The number of benzene rings is 4. The summed E-state index contributed by atoms with van der Waals surface area (Å²) in [5.74, 6) is -11.0. The van der Waals surface area contributed by atoms with E-state index in [9.17, 15) is 62.9 Å². The molecule has 14 N–H and O–H groups in total. The number of aliphatic hydroxyl groups excluding tert-OH is 2. The number of fused-ring (bicyclic) bond motifs is 2. The minimum atomic E-state index is -5.08. The van der Waals surface area contributed by atoms with Crippen molar-refractivity contribution in [1.82, 2.24) is 0 Å². The lowest BCUT2D eigenvalue weighted by Gasteiger charge is -2.47. The predicted octanol–water partition coefficient (Wildman–Crippen LogP) is 5.82. The second-order valence-electron chi connectivity index (χ2n) is 17.2. The van der Waals surface area contributed by atoms with Crippen LogP contribution < -0.4 is 22.9 Å². The Morgan fingerprint density at radius 2 is 0.859 bits per heavy atom. The van der Waals surface area contributed by atoms with Gasteiger partial charge in [-0.2, -0.15) is 52.7 Å². The van der Waals surface area contributed by atoms with Crippen molar-refractivity contribution in [3.63, 3.8) is 0 Å². The summed E-state index contributed by atoms with van der Waals surface area (Å²) < 4.78 is 152. The number of aliphatic carboxylic acids is 4. The maximum absolute atomic E-state index is 11.4. The van der Waals surface area contributed by atoms with Crippen LogP contribution in [0.25, 0.3) is 21.5 Å². The summed E-state index contributed by atoms with van der Waals surface area (Å²) in [7, 11) is 0. The molecule has 4 aromatic rings. The molecular formula is C48H58F12N4O14. The third-order valence-corrected chi connectivity index (χ3v) is 11.2. The Morgan fingerprint density at radius 1 is 0.513 bits per heavy atom. The van der Waals surface area contributed by atoms with E-state index in [2.05, 4.69) is 66.7 Å². The van der Waals surface area contributed by atoms with Gasteiger partial charge in [-0.25, -0.2) is 19.2 Å². The van der Waals surface area contributed by atoms with E-state index >= 15 is 0 Å². The number of halogens is 12. The summed E-state index contributed by atoms with van der Waals surface area (Å²) in [5, 5.41) is 55.8. The van der Waals surface area contributed by atoms with E-state index in [1.807, 2.05) is 18.2 Å². The first-order valence-corrected chi connectivity index (χ1v) is 23.1. The maximum atomic E-state index is 11.4. The van der Waals surface area contributed by atoms with Gasteiger partial charge in [0.1, 0.15) is 36.6 Å². The number of unbranched alkanes of at least 4 members (excludes halogenated alkanes) is 2. The van der Waals surface area contributed by atoms with Crippen LogP contribution in [0.5, 0.6) is 0 Å². The lowest BCUT2D eigenvalue weighted by atomic mass is 9.84. The van der Waals surface area contributed by atoms with Crippen molar-refractivity contribution in [3.05, 3.63) is 96.1 Å². The van der Waals surface area contributed by atoms with E-state index in [1.165, 1.54) is 32.7 Å². The summed E-state index contributed by atoms with van der Waals surface area (Å²) >= 11 is 0. The van der Waals surface area contributed by atoms with Crippen molar-refractivity contribution in [2.45, 2.75) is 131 Å². The molecule has 6 rings (SSSR count). The van der Waals surface area contributed by atoms with E-state index in [-0.39, 0.29) is 6.54 Å². The van der Waals surface area contributed by atoms with Crippen molar-refractivity contribution in [3.8, 4) is 0 Å². The van der Waals surface area contributed by atoms with E-state index < -0.39 is 110 Å². The second kappa shape index (κ2) is 31.0. The normalized spacial score (nSPS) is 23.4. The SMILES string of the molecule is NC[C@H]1O[C@H](O[C@H]2[C@H](O)[C@@H](OCCCCc3ccc4ccccc4c3)[C@H](N)C[C@@H]2N)[C@H](N)[C@@H](OCCCCc2ccc3ccccc3c2)[C@@H]1O.O=C(O)C(F)(F)F.O=C(O)C(F)(F)F.O=C(O)C(F)(F)F.O=C(O)C(F)(F)F. The zero-order valence-electron chi connectivity index (χ0n) is 40.7. The molecule has 0 unspecified atom stereocenters. The molecule has 0 spiro atoms. The fraction of sp³-hybridized carbons (Fsp3) is 0.500. The monoisotopic (exact) mass is 1140 g/mol. The molecular weight excluding hydrogens is 1080 g/mol. The molecule has 0 amide bonds. The van der Waals surface area contributed by atoms with Gasteiger partial charge in [-0.05, 0) is 77.6 Å². The number of carboxylic acids is 4. The number of hydrogen-bond donors (Lipinski definition) is 10. The van der Waals surface area contributed by atoms with Gasteiger partial charge in [0.25, 0.3) is 0 Å². The molecule has 0 radical (unpaired) electrons. The van der Waals surface area contributed by atoms with Crippen LogP contribution in [0.2, 0.25) is 0 Å². The number of carbonyl (C=O) groups is 4. The maximum Gasteiger partial charge on any atom is 0.490 e. The number of rotatable bonds is 15. The summed E-state index contributed by atoms with van der Waals surface area (Å²) in [6.45, 7) is 0.900. The van der Waals surface area contributed by atoms with Gasteiger partial charge in [0.15, 0.2) is 6.29 Å². The molecule has 1 heterocycles. The van der Waals surface area contributed by atoms with Crippen LogP contribution in [0.1, 0.15) is 43.2 Å². The van der Waals surface area contributed by atoms with Gasteiger partial charge >= 0.3 is 48.6 Å². The average Bonchev–Trinajstić information content (AvgIpc) is 3.34. The molecule has 1 aliphatic carbocycles. The molecule has 1 saturated carbocycles. The summed E-state index contributed by atoms with van der Waals surface area (Å²) in [6.07, 6.45) is -20.8. The lowest BCUT2D eigenvalue weighted by molar-refractivity contribution is -0.294. The minimum Gasteiger partial charge on any atom is -0.475 e. The van der Waals surface area contributed by atoms with Crippen LogP contribution in [0.3, 0.4) is 0 Å². The molecule has 4 aromatic carbocycles. The molecule has 2 aliphatic rings. The molecule has 78 heavy (non-hydrogen) atoms. The molecule has 10 atom stereocenters. The van der Waals surface area contributed by atoms with E-state index in [4.69, 9.17) is 81.5 Å². The van der Waals surface area contributed by atoms with Gasteiger partial charge in [0.2, 0.25) is 0 Å². The smallest absolute Gasteiger partial charge is 0.475 e. The average molecular weight is 1140 g/mol. The molecule has 1 saturated heterocycles. The van der Waals surface area contributed by atoms with Gasteiger partial charge in [-0.3, -0.25) is 0 Å². The first-order chi connectivity index (χ1) is 36.1. The predicted molar refractivity (Wildman–Crippen MR) is 251 cm³/mol. The minimum absolute atomic E-state index is 0.0463. The van der Waals surface area contributed by atoms with Gasteiger partial charge in [0, 0.05) is 31.8 Å². The van der Waals surface area contributed by atoms with Crippen molar-refractivity contribution in [1.29, 1.82) is 0 Å². The van der Waals surface area contributed by atoms with Crippen molar-refractivity contribution in [2.24, 2.45) is 22.9 Å². The number of hydrogen-bond acceptors (Lipinski definition) is 14. The zero-order valence-corrected chi connectivity index (χ0v) is 40.7.